The van der Waals surface area contributed by atoms with Gasteiger partial charge in [0.25, 0.3) is 5.56 Å². The lowest BCUT2D eigenvalue weighted by Gasteiger charge is -2.33. The van der Waals surface area contributed by atoms with E-state index < -0.39 is 0 Å². The number of nitrogens with zero attached hydrogens (tertiary/aromatic N) is 2. The minimum atomic E-state index is -0.196. The van der Waals surface area contributed by atoms with Gasteiger partial charge in [0.05, 0.1) is 10.6 Å². The maximum atomic E-state index is 13.6. The fourth-order valence-electron chi connectivity index (χ4n) is 4.72. The van der Waals surface area contributed by atoms with Crippen LogP contribution in [0.5, 0.6) is 5.75 Å². The van der Waals surface area contributed by atoms with Gasteiger partial charge in [-0.05, 0) is 43.4 Å². The molecule has 4 rings (SSSR count). The molecule has 1 fully saturated rings. The highest BCUT2D eigenvalue weighted by Crippen LogP contribution is 2.23. The van der Waals surface area contributed by atoms with Crippen LogP contribution in [-0.2, 0) is 6.54 Å². The van der Waals surface area contributed by atoms with Gasteiger partial charge in [-0.3, -0.25) is 4.79 Å². The molecular weight excluding hydrogens is 400 g/mol. The topological polar surface area (TPSA) is 69.5 Å². The SMILES string of the molecule is C=C(Nc1cccc(C)c1)c1c(O)c2c(n(CC(C)C)c1=O)=CCCC=2N1CCNCC1. The molecule has 32 heavy (non-hydrogen) atoms. The maximum absolute atomic E-state index is 13.6. The molecule has 6 nitrogen and oxygen atoms in total. The van der Waals surface area contributed by atoms with Crippen molar-refractivity contribution in [2.24, 2.45) is 5.92 Å². The molecule has 6 heteroatoms. The lowest BCUT2D eigenvalue weighted by atomic mass is 10.0. The summed E-state index contributed by atoms with van der Waals surface area (Å²) in [5.41, 5.74) is 3.57. The van der Waals surface area contributed by atoms with Crippen LogP contribution in [0.1, 0.15) is 37.8 Å². The van der Waals surface area contributed by atoms with Gasteiger partial charge in [0, 0.05) is 49.8 Å². The molecule has 0 unspecified atom stereocenters. The zero-order valence-electron chi connectivity index (χ0n) is 19.4. The first-order valence-corrected chi connectivity index (χ1v) is 11.5. The molecule has 170 valence electrons. The first-order chi connectivity index (χ1) is 15.4. The maximum Gasteiger partial charge on any atom is 0.264 e. The van der Waals surface area contributed by atoms with Crippen molar-refractivity contribution in [2.45, 2.75) is 40.2 Å². The number of aryl methyl sites for hydroxylation is 1. The van der Waals surface area contributed by atoms with E-state index in [2.05, 4.69) is 42.0 Å². The van der Waals surface area contributed by atoms with E-state index in [0.29, 0.717) is 18.2 Å². The highest BCUT2D eigenvalue weighted by atomic mass is 16.3. The lowest BCUT2D eigenvalue weighted by molar-refractivity contribution is 0.327. The zero-order valence-corrected chi connectivity index (χ0v) is 19.4. The fraction of sp³-hybridized carbons (Fsp3) is 0.423. The van der Waals surface area contributed by atoms with E-state index in [9.17, 15) is 9.90 Å². The first-order valence-electron chi connectivity index (χ1n) is 11.5. The molecule has 1 aliphatic carbocycles. The fourth-order valence-corrected chi connectivity index (χ4v) is 4.72. The second-order valence-corrected chi connectivity index (χ2v) is 9.19. The van der Waals surface area contributed by atoms with Gasteiger partial charge in [-0.25, -0.2) is 0 Å². The summed E-state index contributed by atoms with van der Waals surface area (Å²) in [6.45, 7) is 14.6. The summed E-state index contributed by atoms with van der Waals surface area (Å²) in [6.07, 6.45) is 3.83. The second-order valence-electron chi connectivity index (χ2n) is 9.19. The van der Waals surface area contributed by atoms with Crippen molar-refractivity contribution >= 4 is 23.2 Å². The lowest BCUT2D eigenvalue weighted by Crippen LogP contribution is -2.51. The van der Waals surface area contributed by atoms with E-state index in [-0.39, 0.29) is 16.9 Å². The molecule has 0 spiro atoms. The van der Waals surface area contributed by atoms with Gasteiger partial charge < -0.3 is 25.2 Å². The summed E-state index contributed by atoms with van der Waals surface area (Å²) < 4.78 is 1.83. The van der Waals surface area contributed by atoms with Crippen molar-refractivity contribution in [1.82, 2.24) is 14.8 Å². The van der Waals surface area contributed by atoms with E-state index >= 15 is 0 Å². The van der Waals surface area contributed by atoms with E-state index in [0.717, 1.165) is 66.5 Å². The Balaban J connectivity index is 1.93. The van der Waals surface area contributed by atoms with Gasteiger partial charge in [-0.15, -0.1) is 0 Å². The zero-order chi connectivity index (χ0) is 22.8. The van der Waals surface area contributed by atoms with Crippen molar-refractivity contribution in [3.63, 3.8) is 0 Å². The predicted molar refractivity (Wildman–Crippen MR) is 132 cm³/mol. The third-order valence-electron chi connectivity index (χ3n) is 6.15. The van der Waals surface area contributed by atoms with E-state index in [4.69, 9.17) is 0 Å². The van der Waals surface area contributed by atoms with E-state index in [1.165, 1.54) is 0 Å². The number of fused-ring (bicyclic) bond motifs is 1. The molecule has 1 saturated heterocycles. The highest BCUT2D eigenvalue weighted by Gasteiger charge is 2.24. The normalized spacial score (nSPS) is 16.0. The number of anilines is 1. The number of nitrogens with one attached hydrogen (secondary N) is 2. The largest absolute Gasteiger partial charge is 0.506 e. The second kappa shape index (κ2) is 9.25. The minimum absolute atomic E-state index is 0.0413. The van der Waals surface area contributed by atoms with Crippen LogP contribution in [0.4, 0.5) is 5.69 Å². The minimum Gasteiger partial charge on any atom is -0.506 e. The molecule has 0 atom stereocenters. The van der Waals surface area contributed by atoms with Crippen molar-refractivity contribution in [3.8, 4) is 5.75 Å². The Morgan fingerprint density at radius 1 is 1.28 bits per heavy atom. The molecule has 0 radical (unpaired) electrons. The molecule has 1 aromatic heterocycles. The summed E-state index contributed by atoms with van der Waals surface area (Å²) in [7, 11) is 0. The van der Waals surface area contributed by atoms with Gasteiger partial charge in [0.15, 0.2) is 0 Å². The molecule has 3 N–H and O–H groups in total. The first kappa shape index (κ1) is 22.2. The third-order valence-corrected chi connectivity index (χ3v) is 6.15. The van der Waals surface area contributed by atoms with Gasteiger partial charge >= 0.3 is 0 Å². The number of aromatic hydroxyl groups is 1. The summed E-state index contributed by atoms with van der Waals surface area (Å²) in [5, 5.41) is 19.8. The number of hydrogen-bond acceptors (Lipinski definition) is 5. The van der Waals surface area contributed by atoms with Crippen molar-refractivity contribution in [1.29, 1.82) is 0 Å². The third kappa shape index (κ3) is 4.32. The summed E-state index contributed by atoms with van der Waals surface area (Å²) in [5.74, 6) is 0.338. The van der Waals surface area contributed by atoms with Crippen LogP contribution in [-0.4, -0.2) is 40.8 Å². The Labute approximate surface area is 189 Å². The number of rotatable bonds is 6. The molecular formula is C26H34N4O2. The van der Waals surface area contributed by atoms with Crippen molar-refractivity contribution in [3.05, 3.63) is 62.9 Å². The van der Waals surface area contributed by atoms with Gasteiger partial charge in [-0.1, -0.05) is 38.6 Å². The van der Waals surface area contributed by atoms with Crippen LogP contribution in [0.15, 0.2) is 35.6 Å². The van der Waals surface area contributed by atoms with Gasteiger partial charge in [0.1, 0.15) is 11.3 Å². The van der Waals surface area contributed by atoms with E-state index in [1.54, 1.807) is 0 Å². The van der Waals surface area contributed by atoms with Crippen LogP contribution in [0.25, 0.3) is 17.5 Å². The Kier molecular flexibility index (Phi) is 6.42. The summed E-state index contributed by atoms with van der Waals surface area (Å²) >= 11 is 0. The summed E-state index contributed by atoms with van der Waals surface area (Å²) in [6, 6.07) is 7.91. The van der Waals surface area contributed by atoms with Crippen molar-refractivity contribution < 1.29 is 5.11 Å². The number of pyridine rings is 1. The Morgan fingerprint density at radius 2 is 2.03 bits per heavy atom. The number of piperazine rings is 1. The Morgan fingerprint density at radius 3 is 2.72 bits per heavy atom. The molecule has 2 aliphatic rings. The molecule has 0 saturated carbocycles. The van der Waals surface area contributed by atoms with Crippen LogP contribution in [0.3, 0.4) is 0 Å². The molecule has 2 aromatic rings. The number of benzene rings is 1. The Bertz CT molecular complexity index is 1200. The van der Waals surface area contributed by atoms with Crippen LogP contribution in [0.2, 0.25) is 0 Å². The molecule has 2 heterocycles. The molecule has 0 bridgehead atoms. The Hall–Kier alpha value is -2.99. The number of aromatic nitrogens is 1. The molecule has 1 aliphatic heterocycles. The monoisotopic (exact) mass is 434 g/mol. The van der Waals surface area contributed by atoms with E-state index in [1.807, 2.05) is 35.8 Å². The summed E-state index contributed by atoms with van der Waals surface area (Å²) in [4.78, 5) is 16.0. The predicted octanol–water partition coefficient (Wildman–Crippen LogP) is 2.19. The van der Waals surface area contributed by atoms with Crippen LogP contribution in [0, 0.1) is 12.8 Å². The average Bonchev–Trinajstić information content (AvgIpc) is 2.76. The van der Waals surface area contributed by atoms with Crippen LogP contribution < -0.4 is 26.8 Å². The molecule has 1 aromatic carbocycles. The van der Waals surface area contributed by atoms with Gasteiger partial charge in [0.2, 0.25) is 0 Å². The smallest absolute Gasteiger partial charge is 0.264 e. The van der Waals surface area contributed by atoms with Gasteiger partial charge in [-0.2, -0.15) is 0 Å². The molecule has 0 amide bonds. The highest BCUT2D eigenvalue weighted by molar-refractivity contribution is 5.78. The van der Waals surface area contributed by atoms with Crippen LogP contribution >= 0.6 is 0 Å². The average molecular weight is 435 g/mol. The quantitative estimate of drug-likeness (QED) is 0.650. The standard InChI is InChI=1S/C26H34N4O2/c1-17(2)16-30-22-10-6-9-21(29-13-11-27-12-14-29)24(22)25(31)23(26(30)32)19(4)28-20-8-5-7-18(3)15-20/h5,7-8,10,15,17,27-28,31H,4,6,9,11-14,16H2,1-3H3. The number of hydrogen-bond donors (Lipinski definition) is 3. The van der Waals surface area contributed by atoms with Crippen molar-refractivity contribution in [2.75, 3.05) is 31.5 Å².